The minimum atomic E-state index is 0.420. The average molecular weight is 298 g/mol. The van der Waals surface area contributed by atoms with Crippen molar-refractivity contribution < 1.29 is 4.74 Å². The quantitative estimate of drug-likeness (QED) is 0.801. The zero-order valence-electron chi connectivity index (χ0n) is 10.6. The number of ether oxygens (including phenoxy) is 1. The molecule has 0 bridgehead atoms. The first-order chi connectivity index (χ1) is 8.10. The highest BCUT2D eigenvalue weighted by atomic mass is 79.9. The van der Waals surface area contributed by atoms with Gasteiger partial charge in [0.15, 0.2) is 0 Å². The Morgan fingerprint density at radius 2 is 2.18 bits per heavy atom. The molecule has 1 saturated carbocycles. The maximum absolute atomic E-state index is 5.84. The topological polar surface area (TPSA) is 22.1 Å². The van der Waals surface area contributed by atoms with Crippen LogP contribution in [-0.4, -0.2) is 11.6 Å². The van der Waals surface area contributed by atoms with Crippen LogP contribution in [0.1, 0.15) is 39.5 Å². The largest absolute Gasteiger partial charge is 0.477 e. The summed E-state index contributed by atoms with van der Waals surface area (Å²) in [6.45, 7) is 5.40. The van der Waals surface area contributed by atoms with Gasteiger partial charge in [-0.1, -0.05) is 20.3 Å². The van der Waals surface area contributed by atoms with Crippen LogP contribution in [0.15, 0.2) is 22.8 Å². The molecule has 2 nitrogen and oxygen atoms in total. The van der Waals surface area contributed by atoms with Gasteiger partial charge in [-0.05, 0) is 47.2 Å². The van der Waals surface area contributed by atoms with Crippen molar-refractivity contribution in [3.05, 3.63) is 22.8 Å². The van der Waals surface area contributed by atoms with Crippen LogP contribution >= 0.6 is 15.9 Å². The molecule has 0 N–H and O–H groups in total. The molecule has 0 saturated heterocycles. The molecule has 1 fully saturated rings. The van der Waals surface area contributed by atoms with E-state index in [0.717, 1.165) is 22.9 Å². The number of aromatic nitrogens is 1. The molecule has 1 aromatic heterocycles. The second kappa shape index (κ2) is 5.38. The molecule has 0 unspecified atom stereocenters. The van der Waals surface area contributed by atoms with Crippen LogP contribution in [0.5, 0.6) is 5.88 Å². The first kappa shape index (κ1) is 12.9. The molecule has 17 heavy (non-hydrogen) atoms. The Hall–Kier alpha value is -0.570. The Morgan fingerprint density at radius 1 is 1.41 bits per heavy atom. The lowest BCUT2D eigenvalue weighted by atomic mass is 9.65. The SMILES string of the molecule is CC(C)CC1(COc2ccc(Br)cn2)CCC1. The molecule has 1 heterocycles. The maximum atomic E-state index is 5.84. The molecule has 1 aromatic rings. The first-order valence-electron chi connectivity index (χ1n) is 6.34. The van der Waals surface area contributed by atoms with Gasteiger partial charge in [-0.25, -0.2) is 4.98 Å². The average Bonchev–Trinajstić information content (AvgIpc) is 2.23. The van der Waals surface area contributed by atoms with Crippen molar-refractivity contribution in [1.29, 1.82) is 0 Å². The summed E-state index contributed by atoms with van der Waals surface area (Å²) in [5.41, 5.74) is 0.420. The van der Waals surface area contributed by atoms with Gasteiger partial charge in [0.05, 0.1) is 6.61 Å². The zero-order chi connectivity index (χ0) is 12.3. The van der Waals surface area contributed by atoms with Crippen LogP contribution in [0.2, 0.25) is 0 Å². The van der Waals surface area contributed by atoms with Gasteiger partial charge in [0.25, 0.3) is 0 Å². The smallest absolute Gasteiger partial charge is 0.213 e. The van der Waals surface area contributed by atoms with Crippen molar-refractivity contribution in [2.24, 2.45) is 11.3 Å². The molecule has 0 aliphatic heterocycles. The normalized spacial score (nSPS) is 17.9. The highest BCUT2D eigenvalue weighted by Crippen LogP contribution is 2.46. The molecule has 0 amide bonds. The lowest BCUT2D eigenvalue weighted by Gasteiger charge is -2.42. The minimum absolute atomic E-state index is 0.420. The fourth-order valence-electron chi connectivity index (χ4n) is 2.62. The number of hydrogen-bond donors (Lipinski definition) is 0. The number of hydrogen-bond acceptors (Lipinski definition) is 2. The van der Waals surface area contributed by atoms with Crippen LogP contribution in [-0.2, 0) is 0 Å². The van der Waals surface area contributed by atoms with Crippen molar-refractivity contribution in [2.45, 2.75) is 39.5 Å². The lowest BCUT2D eigenvalue weighted by Crippen LogP contribution is -2.37. The first-order valence-corrected chi connectivity index (χ1v) is 7.13. The zero-order valence-corrected chi connectivity index (χ0v) is 12.2. The van der Waals surface area contributed by atoms with Crippen molar-refractivity contribution in [3.8, 4) is 5.88 Å². The minimum Gasteiger partial charge on any atom is -0.477 e. The summed E-state index contributed by atoms with van der Waals surface area (Å²) in [6, 6.07) is 3.89. The molecule has 2 rings (SSSR count). The van der Waals surface area contributed by atoms with Crippen molar-refractivity contribution in [2.75, 3.05) is 6.61 Å². The highest BCUT2D eigenvalue weighted by molar-refractivity contribution is 9.10. The standard InChI is InChI=1S/C14H20BrNO/c1-11(2)8-14(6-3-7-14)10-17-13-5-4-12(15)9-16-13/h4-5,9,11H,3,6-8,10H2,1-2H3. The van der Waals surface area contributed by atoms with Gasteiger partial charge < -0.3 is 4.74 Å². The molecule has 3 heteroatoms. The Kier molecular flexibility index (Phi) is 4.08. The van der Waals surface area contributed by atoms with Crippen LogP contribution in [0.25, 0.3) is 0 Å². The third kappa shape index (κ3) is 3.44. The molecule has 1 aliphatic rings. The molecule has 1 aliphatic carbocycles. The van der Waals surface area contributed by atoms with Gasteiger partial charge in [0.1, 0.15) is 0 Å². The Bertz CT molecular complexity index is 357. The number of pyridine rings is 1. The molecule has 0 spiro atoms. The Morgan fingerprint density at radius 3 is 2.65 bits per heavy atom. The van der Waals surface area contributed by atoms with Crippen LogP contribution < -0.4 is 4.74 Å². The number of rotatable bonds is 5. The van der Waals surface area contributed by atoms with E-state index in [0.29, 0.717) is 5.41 Å². The third-order valence-electron chi connectivity index (χ3n) is 3.48. The maximum Gasteiger partial charge on any atom is 0.213 e. The predicted molar refractivity (Wildman–Crippen MR) is 73.2 cm³/mol. The summed E-state index contributed by atoms with van der Waals surface area (Å²) in [6.07, 6.45) is 7.02. The summed E-state index contributed by atoms with van der Waals surface area (Å²) in [5.74, 6) is 1.49. The van der Waals surface area contributed by atoms with E-state index in [9.17, 15) is 0 Å². The highest BCUT2D eigenvalue weighted by Gasteiger charge is 2.38. The van der Waals surface area contributed by atoms with E-state index >= 15 is 0 Å². The van der Waals surface area contributed by atoms with Crippen molar-refractivity contribution >= 4 is 15.9 Å². The molecule has 0 atom stereocenters. The molecule has 94 valence electrons. The Labute approximate surface area is 112 Å². The second-order valence-electron chi connectivity index (χ2n) is 5.55. The van der Waals surface area contributed by atoms with E-state index in [2.05, 4.69) is 34.8 Å². The van der Waals surface area contributed by atoms with Crippen molar-refractivity contribution in [1.82, 2.24) is 4.98 Å². The summed E-state index contributed by atoms with van der Waals surface area (Å²) in [4.78, 5) is 4.25. The van der Waals surface area contributed by atoms with E-state index in [4.69, 9.17) is 4.74 Å². The lowest BCUT2D eigenvalue weighted by molar-refractivity contribution is 0.0342. The van der Waals surface area contributed by atoms with E-state index in [-0.39, 0.29) is 0 Å². The Balaban J connectivity index is 1.89. The van der Waals surface area contributed by atoms with E-state index in [1.165, 1.54) is 25.7 Å². The summed E-state index contributed by atoms with van der Waals surface area (Å²) in [7, 11) is 0. The van der Waals surface area contributed by atoms with E-state index in [1.807, 2.05) is 12.1 Å². The van der Waals surface area contributed by atoms with E-state index in [1.54, 1.807) is 6.20 Å². The number of halogens is 1. The number of nitrogens with zero attached hydrogens (tertiary/aromatic N) is 1. The van der Waals surface area contributed by atoms with Gasteiger partial charge in [-0.2, -0.15) is 0 Å². The van der Waals surface area contributed by atoms with Crippen LogP contribution in [0.3, 0.4) is 0 Å². The van der Waals surface area contributed by atoms with Crippen LogP contribution in [0.4, 0.5) is 0 Å². The predicted octanol–water partition coefficient (Wildman–Crippen LogP) is 4.44. The van der Waals surface area contributed by atoms with Gasteiger partial charge in [0, 0.05) is 22.2 Å². The third-order valence-corrected chi connectivity index (χ3v) is 3.95. The molecular formula is C14H20BrNO. The van der Waals surface area contributed by atoms with Crippen molar-refractivity contribution in [3.63, 3.8) is 0 Å². The van der Waals surface area contributed by atoms with Crippen LogP contribution in [0, 0.1) is 11.3 Å². The summed E-state index contributed by atoms with van der Waals surface area (Å²) < 4.78 is 6.83. The fourth-order valence-corrected chi connectivity index (χ4v) is 2.86. The van der Waals surface area contributed by atoms with Gasteiger partial charge in [-0.3, -0.25) is 0 Å². The fraction of sp³-hybridized carbons (Fsp3) is 0.643. The molecule has 0 radical (unpaired) electrons. The summed E-state index contributed by atoms with van der Waals surface area (Å²) >= 11 is 3.38. The second-order valence-corrected chi connectivity index (χ2v) is 6.47. The van der Waals surface area contributed by atoms with Gasteiger partial charge in [-0.15, -0.1) is 0 Å². The van der Waals surface area contributed by atoms with E-state index < -0.39 is 0 Å². The van der Waals surface area contributed by atoms with Gasteiger partial charge >= 0.3 is 0 Å². The molecule has 0 aromatic carbocycles. The molecular weight excluding hydrogens is 278 g/mol. The van der Waals surface area contributed by atoms with Gasteiger partial charge in [0.2, 0.25) is 5.88 Å². The summed E-state index contributed by atoms with van der Waals surface area (Å²) in [5, 5.41) is 0. The monoisotopic (exact) mass is 297 g/mol.